The quantitative estimate of drug-likeness (QED) is 0.869. The molecule has 1 aliphatic rings. The number of ether oxygens (including phenoxy) is 1. The van der Waals surface area contributed by atoms with Crippen molar-refractivity contribution in [2.24, 2.45) is 0 Å². The molecular weight excluding hydrogens is 226 g/mol. The highest BCUT2D eigenvalue weighted by molar-refractivity contribution is 5.45. The van der Waals surface area contributed by atoms with E-state index in [9.17, 15) is 0 Å². The normalized spacial score (nSPS) is 17.7. The molecule has 0 aliphatic carbocycles. The van der Waals surface area contributed by atoms with Gasteiger partial charge in [0.25, 0.3) is 0 Å². The summed E-state index contributed by atoms with van der Waals surface area (Å²) in [6.07, 6.45) is 5.46. The maximum absolute atomic E-state index is 5.13. The molecule has 0 atom stereocenters. The lowest BCUT2D eigenvalue weighted by Gasteiger charge is -2.32. The Morgan fingerprint density at radius 2 is 2.22 bits per heavy atom. The second-order valence-electron chi connectivity index (χ2n) is 4.85. The lowest BCUT2D eigenvalue weighted by molar-refractivity contribution is 0.219. The van der Waals surface area contributed by atoms with Crippen LogP contribution in [0.2, 0.25) is 0 Å². The van der Waals surface area contributed by atoms with E-state index in [2.05, 4.69) is 22.1 Å². The fraction of sp³-hybridized carbons (Fsp3) is 0.643. The molecule has 1 aromatic heterocycles. The van der Waals surface area contributed by atoms with E-state index in [0.717, 1.165) is 5.69 Å². The van der Waals surface area contributed by atoms with Gasteiger partial charge in [-0.2, -0.15) is 0 Å². The van der Waals surface area contributed by atoms with E-state index in [0.29, 0.717) is 11.9 Å². The summed E-state index contributed by atoms with van der Waals surface area (Å²) in [5.41, 5.74) is 1.11. The van der Waals surface area contributed by atoms with Crippen LogP contribution in [0, 0.1) is 0 Å². The Balaban J connectivity index is 1.83. The largest absolute Gasteiger partial charge is 0.481 e. The van der Waals surface area contributed by atoms with Crippen molar-refractivity contribution in [3.05, 3.63) is 18.3 Å². The SMILES string of the molecule is CCCN1CCC(Nc2ccnc(OC)c2)CC1. The van der Waals surface area contributed by atoms with Crippen LogP contribution in [0.15, 0.2) is 18.3 Å². The molecule has 1 aliphatic heterocycles. The minimum atomic E-state index is 0.574. The third-order valence-electron chi connectivity index (χ3n) is 3.44. The van der Waals surface area contributed by atoms with E-state index in [1.807, 2.05) is 12.1 Å². The second kappa shape index (κ2) is 6.59. The van der Waals surface area contributed by atoms with E-state index in [1.54, 1.807) is 13.3 Å². The number of aromatic nitrogens is 1. The molecule has 1 N–H and O–H groups in total. The second-order valence-corrected chi connectivity index (χ2v) is 4.85. The van der Waals surface area contributed by atoms with Crippen molar-refractivity contribution in [1.29, 1.82) is 0 Å². The molecule has 0 saturated carbocycles. The Labute approximate surface area is 109 Å². The topological polar surface area (TPSA) is 37.4 Å². The summed E-state index contributed by atoms with van der Waals surface area (Å²) < 4.78 is 5.13. The lowest BCUT2D eigenvalue weighted by Crippen LogP contribution is -2.39. The highest BCUT2D eigenvalue weighted by atomic mass is 16.5. The monoisotopic (exact) mass is 249 g/mol. The van der Waals surface area contributed by atoms with Crippen molar-refractivity contribution in [1.82, 2.24) is 9.88 Å². The van der Waals surface area contributed by atoms with E-state index in [4.69, 9.17) is 4.74 Å². The molecule has 4 heteroatoms. The zero-order valence-corrected chi connectivity index (χ0v) is 11.4. The minimum absolute atomic E-state index is 0.574. The predicted octanol–water partition coefficient (Wildman–Crippen LogP) is 2.38. The fourth-order valence-corrected chi connectivity index (χ4v) is 2.46. The molecule has 4 nitrogen and oxygen atoms in total. The molecule has 18 heavy (non-hydrogen) atoms. The van der Waals surface area contributed by atoms with Crippen LogP contribution in [0.4, 0.5) is 5.69 Å². The summed E-state index contributed by atoms with van der Waals surface area (Å²) in [5.74, 6) is 0.670. The van der Waals surface area contributed by atoms with Crippen molar-refractivity contribution in [2.75, 3.05) is 32.1 Å². The van der Waals surface area contributed by atoms with Crippen LogP contribution in [0.5, 0.6) is 5.88 Å². The molecule has 0 aromatic carbocycles. The number of nitrogens with one attached hydrogen (secondary N) is 1. The van der Waals surface area contributed by atoms with Crippen molar-refractivity contribution in [3.8, 4) is 5.88 Å². The Morgan fingerprint density at radius 1 is 1.44 bits per heavy atom. The van der Waals surface area contributed by atoms with Gasteiger partial charge in [0, 0.05) is 37.1 Å². The molecule has 0 bridgehead atoms. The zero-order valence-electron chi connectivity index (χ0n) is 11.4. The molecule has 1 aromatic rings. The molecule has 0 spiro atoms. The van der Waals surface area contributed by atoms with Gasteiger partial charge < -0.3 is 15.0 Å². The maximum Gasteiger partial charge on any atom is 0.214 e. The van der Waals surface area contributed by atoms with Crippen LogP contribution >= 0.6 is 0 Å². The number of methoxy groups -OCH3 is 1. The van der Waals surface area contributed by atoms with Crippen LogP contribution in [-0.2, 0) is 0 Å². The molecule has 2 rings (SSSR count). The molecular formula is C14H23N3O. The highest BCUT2D eigenvalue weighted by Gasteiger charge is 2.18. The summed E-state index contributed by atoms with van der Waals surface area (Å²) in [5, 5.41) is 3.57. The lowest BCUT2D eigenvalue weighted by atomic mass is 10.0. The first kappa shape index (κ1) is 13.1. The number of anilines is 1. The van der Waals surface area contributed by atoms with Gasteiger partial charge >= 0.3 is 0 Å². The van der Waals surface area contributed by atoms with Gasteiger partial charge in [0.05, 0.1) is 7.11 Å². The summed E-state index contributed by atoms with van der Waals surface area (Å²) in [6, 6.07) is 4.53. The molecule has 100 valence electrons. The molecule has 1 fully saturated rings. The number of nitrogens with zero attached hydrogens (tertiary/aromatic N) is 2. The first-order valence-electron chi connectivity index (χ1n) is 6.80. The van der Waals surface area contributed by atoms with Crippen LogP contribution in [0.1, 0.15) is 26.2 Å². The summed E-state index contributed by atoms with van der Waals surface area (Å²) in [4.78, 5) is 6.66. The van der Waals surface area contributed by atoms with E-state index in [-0.39, 0.29) is 0 Å². The Bertz CT molecular complexity index is 362. The van der Waals surface area contributed by atoms with E-state index in [1.165, 1.54) is 38.9 Å². The van der Waals surface area contributed by atoms with Gasteiger partial charge in [-0.1, -0.05) is 6.92 Å². The van der Waals surface area contributed by atoms with Gasteiger partial charge in [-0.05, 0) is 31.9 Å². The molecule has 2 heterocycles. The van der Waals surface area contributed by atoms with Gasteiger partial charge in [-0.25, -0.2) is 4.98 Å². The summed E-state index contributed by atoms with van der Waals surface area (Å²) >= 11 is 0. The summed E-state index contributed by atoms with van der Waals surface area (Å²) in [6.45, 7) is 5.88. The third-order valence-corrected chi connectivity index (χ3v) is 3.44. The van der Waals surface area contributed by atoms with Crippen LogP contribution in [0.25, 0.3) is 0 Å². The number of hydrogen-bond acceptors (Lipinski definition) is 4. The number of rotatable bonds is 5. The van der Waals surface area contributed by atoms with Crippen molar-refractivity contribution in [3.63, 3.8) is 0 Å². The van der Waals surface area contributed by atoms with Crippen LogP contribution in [-0.4, -0.2) is 42.7 Å². The van der Waals surface area contributed by atoms with Gasteiger partial charge in [-0.3, -0.25) is 0 Å². The van der Waals surface area contributed by atoms with Crippen molar-refractivity contribution < 1.29 is 4.74 Å². The predicted molar refractivity (Wildman–Crippen MR) is 74.2 cm³/mol. The Kier molecular flexibility index (Phi) is 4.81. The Hall–Kier alpha value is -1.29. The van der Waals surface area contributed by atoms with Gasteiger partial charge in [0.1, 0.15) is 0 Å². The first-order valence-corrected chi connectivity index (χ1v) is 6.80. The molecule has 0 unspecified atom stereocenters. The smallest absolute Gasteiger partial charge is 0.214 e. The average Bonchev–Trinajstić information content (AvgIpc) is 2.42. The molecule has 0 amide bonds. The van der Waals surface area contributed by atoms with Crippen molar-refractivity contribution >= 4 is 5.69 Å². The number of piperidine rings is 1. The first-order chi connectivity index (χ1) is 8.81. The molecule has 1 saturated heterocycles. The number of likely N-dealkylation sites (tertiary alicyclic amines) is 1. The fourth-order valence-electron chi connectivity index (χ4n) is 2.46. The number of pyridine rings is 1. The third kappa shape index (κ3) is 3.60. The van der Waals surface area contributed by atoms with Gasteiger partial charge in [0.15, 0.2) is 0 Å². The summed E-state index contributed by atoms with van der Waals surface area (Å²) in [7, 11) is 1.65. The minimum Gasteiger partial charge on any atom is -0.481 e. The van der Waals surface area contributed by atoms with E-state index >= 15 is 0 Å². The number of hydrogen-bond donors (Lipinski definition) is 1. The molecule has 0 radical (unpaired) electrons. The standard InChI is InChI=1S/C14H23N3O/c1-3-8-17-9-5-12(6-10-17)16-13-4-7-15-14(11-13)18-2/h4,7,11-12H,3,5-6,8-10H2,1-2H3,(H,15,16). The van der Waals surface area contributed by atoms with Crippen LogP contribution in [0.3, 0.4) is 0 Å². The highest BCUT2D eigenvalue weighted by Crippen LogP contribution is 2.19. The van der Waals surface area contributed by atoms with Crippen molar-refractivity contribution in [2.45, 2.75) is 32.2 Å². The maximum atomic E-state index is 5.13. The van der Waals surface area contributed by atoms with E-state index < -0.39 is 0 Å². The van der Waals surface area contributed by atoms with Gasteiger partial charge in [-0.15, -0.1) is 0 Å². The Morgan fingerprint density at radius 3 is 2.89 bits per heavy atom. The zero-order chi connectivity index (χ0) is 12.8. The van der Waals surface area contributed by atoms with Gasteiger partial charge in [0.2, 0.25) is 5.88 Å². The van der Waals surface area contributed by atoms with Crippen LogP contribution < -0.4 is 10.1 Å². The average molecular weight is 249 g/mol.